The molecule has 0 bridgehead atoms. The largest absolute Gasteiger partial charge is 0.369 e. The first-order valence-electron chi connectivity index (χ1n) is 6.70. The van der Waals surface area contributed by atoms with E-state index in [0.29, 0.717) is 10.8 Å². The van der Waals surface area contributed by atoms with E-state index in [1.54, 1.807) is 5.38 Å². The van der Waals surface area contributed by atoms with Crippen molar-refractivity contribution in [2.45, 2.75) is 24.7 Å². The first-order valence-corrected chi connectivity index (χ1v) is 7.58. The molecule has 3 N–H and O–H groups in total. The van der Waals surface area contributed by atoms with E-state index in [1.807, 2.05) is 30.3 Å². The minimum absolute atomic E-state index is 0.0336. The Bertz CT molecular complexity index is 677. The standard InChI is InChI=1S/C15H15N3O2S/c16-12(19)8-11-9-21-14(17-11)18-13(20)15(6-7-15)10-4-2-1-3-5-10/h1-5,9H,6-8H2,(H2,16,19)(H,17,18,20). The van der Waals surface area contributed by atoms with Crippen molar-refractivity contribution < 1.29 is 9.59 Å². The SMILES string of the molecule is NC(=O)Cc1csc(NC(=O)C2(c3ccccc3)CC2)n1. The maximum absolute atomic E-state index is 12.5. The number of nitrogens with two attached hydrogens (primary N) is 1. The zero-order valence-corrected chi connectivity index (χ0v) is 12.2. The van der Waals surface area contributed by atoms with E-state index in [1.165, 1.54) is 11.3 Å². The second-order valence-corrected chi connectivity index (χ2v) is 6.05. The molecule has 0 radical (unpaired) electrons. The summed E-state index contributed by atoms with van der Waals surface area (Å²) in [5, 5.41) is 5.10. The molecule has 5 nitrogen and oxygen atoms in total. The molecule has 1 aromatic heterocycles. The van der Waals surface area contributed by atoms with Crippen LogP contribution in [0.5, 0.6) is 0 Å². The summed E-state index contributed by atoms with van der Waals surface area (Å²) in [4.78, 5) is 27.6. The van der Waals surface area contributed by atoms with E-state index >= 15 is 0 Å². The van der Waals surface area contributed by atoms with Crippen molar-refractivity contribution in [2.24, 2.45) is 5.73 Å². The minimum Gasteiger partial charge on any atom is -0.369 e. The number of carbonyl (C=O) groups excluding carboxylic acids is 2. The van der Waals surface area contributed by atoms with Crippen LogP contribution in [0.1, 0.15) is 24.1 Å². The number of benzene rings is 1. The number of thiazole rings is 1. The lowest BCUT2D eigenvalue weighted by Gasteiger charge is -2.14. The van der Waals surface area contributed by atoms with Gasteiger partial charge in [-0.3, -0.25) is 9.59 Å². The molecule has 2 amide bonds. The van der Waals surface area contributed by atoms with Crippen molar-refractivity contribution in [3.05, 3.63) is 47.0 Å². The maximum Gasteiger partial charge on any atom is 0.236 e. The normalized spacial score (nSPS) is 15.4. The molecule has 1 aromatic carbocycles. The lowest BCUT2D eigenvalue weighted by molar-refractivity contribution is -0.118. The van der Waals surface area contributed by atoms with E-state index < -0.39 is 11.3 Å². The Morgan fingerprint density at radius 1 is 1.29 bits per heavy atom. The summed E-state index contributed by atoms with van der Waals surface area (Å²) in [6.45, 7) is 0. The molecule has 1 aliphatic carbocycles. The smallest absolute Gasteiger partial charge is 0.236 e. The predicted molar refractivity (Wildman–Crippen MR) is 81.0 cm³/mol. The summed E-state index contributed by atoms with van der Waals surface area (Å²) in [6.07, 6.45) is 1.79. The number of nitrogens with zero attached hydrogens (tertiary/aromatic N) is 1. The number of primary amides is 1. The van der Waals surface area contributed by atoms with Crippen molar-refractivity contribution in [1.82, 2.24) is 4.98 Å². The highest BCUT2D eigenvalue weighted by molar-refractivity contribution is 7.14. The molecular formula is C15H15N3O2S. The van der Waals surface area contributed by atoms with Gasteiger partial charge in [-0.2, -0.15) is 0 Å². The average molecular weight is 301 g/mol. The summed E-state index contributed by atoms with van der Waals surface area (Å²) < 4.78 is 0. The number of anilines is 1. The predicted octanol–water partition coefficient (Wildman–Crippen LogP) is 1.84. The maximum atomic E-state index is 12.5. The highest BCUT2D eigenvalue weighted by Gasteiger charge is 2.51. The van der Waals surface area contributed by atoms with Crippen molar-refractivity contribution in [2.75, 3.05) is 5.32 Å². The van der Waals surface area contributed by atoms with E-state index in [0.717, 1.165) is 18.4 Å². The first kappa shape index (κ1) is 13.8. The average Bonchev–Trinajstić information content (AvgIpc) is 3.17. The van der Waals surface area contributed by atoms with Gasteiger partial charge >= 0.3 is 0 Å². The summed E-state index contributed by atoms with van der Waals surface area (Å²) >= 11 is 1.31. The van der Waals surface area contributed by atoms with Gasteiger partial charge in [-0.25, -0.2) is 4.98 Å². The monoisotopic (exact) mass is 301 g/mol. The minimum atomic E-state index is -0.430. The van der Waals surface area contributed by atoms with Crippen LogP contribution in [-0.4, -0.2) is 16.8 Å². The Morgan fingerprint density at radius 3 is 2.62 bits per heavy atom. The Kier molecular flexibility index (Phi) is 3.47. The van der Waals surface area contributed by atoms with E-state index in [-0.39, 0.29) is 12.3 Å². The van der Waals surface area contributed by atoms with Gasteiger partial charge in [-0.05, 0) is 18.4 Å². The second kappa shape index (κ2) is 5.29. The number of amides is 2. The number of rotatable bonds is 5. The molecule has 6 heteroatoms. The van der Waals surface area contributed by atoms with Gasteiger partial charge in [-0.15, -0.1) is 11.3 Å². The third-order valence-electron chi connectivity index (χ3n) is 3.64. The van der Waals surface area contributed by atoms with Crippen LogP contribution in [0.15, 0.2) is 35.7 Å². The fraction of sp³-hybridized carbons (Fsp3) is 0.267. The second-order valence-electron chi connectivity index (χ2n) is 5.19. The van der Waals surface area contributed by atoms with Gasteiger partial charge in [0.1, 0.15) is 0 Å². The molecule has 0 aliphatic heterocycles. The zero-order chi connectivity index (χ0) is 14.9. The number of hydrogen-bond acceptors (Lipinski definition) is 4. The van der Waals surface area contributed by atoms with E-state index in [9.17, 15) is 9.59 Å². The topological polar surface area (TPSA) is 85.1 Å². The fourth-order valence-electron chi connectivity index (χ4n) is 2.37. The van der Waals surface area contributed by atoms with Gasteiger partial charge in [0.25, 0.3) is 0 Å². The zero-order valence-electron chi connectivity index (χ0n) is 11.3. The van der Waals surface area contributed by atoms with E-state index in [4.69, 9.17) is 5.73 Å². The van der Waals surface area contributed by atoms with Gasteiger partial charge in [-0.1, -0.05) is 30.3 Å². The lowest BCUT2D eigenvalue weighted by Crippen LogP contribution is -2.27. The van der Waals surface area contributed by atoms with Gasteiger partial charge in [0.05, 0.1) is 17.5 Å². The summed E-state index contributed by atoms with van der Waals surface area (Å²) in [6, 6.07) is 9.78. The van der Waals surface area contributed by atoms with Crippen LogP contribution in [-0.2, 0) is 21.4 Å². The molecule has 0 spiro atoms. The molecule has 21 heavy (non-hydrogen) atoms. The van der Waals surface area contributed by atoms with Crippen LogP contribution in [0.25, 0.3) is 0 Å². The van der Waals surface area contributed by atoms with Crippen molar-refractivity contribution >= 4 is 28.3 Å². The van der Waals surface area contributed by atoms with Crippen LogP contribution in [0, 0.1) is 0 Å². The summed E-state index contributed by atoms with van der Waals surface area (Å²) in [7, 11) is 0. The van der Waals surface area contributed by atoms with Crippen LogP contribution in [0.4, 0.5) is 5.13 Å². The molecule has 0 unspecified atom stereocenters. The third kappa shape index (κ3) is 2.80. The van der Waals surface area contributed by atoms with Crippen LogP contribution in [0.3, 0.4) is 0 Å². The number of hydrogen-bond donors (Lipinski definition) is 2. The molecule has 108 valence electrons. The van der Waals surface area contributed by atoms with Crippen molar-refractivity contribution in [1.29, 1.82) is 0 Å². The van der Waals surface area contributed by atoms with Gasteiger partial charge < -0.3 is 11.1 Å². The molecule has 1 saturated carbocycles. The highest BCUT2D eigenvalue weighted by atomic mass is 32.1. The lowest BCUT2D eigenvalue weighted by atomic mass is 9.95. The van der Waals surface area contributed by atoms with Gasteiger partial charge in [0.2, 0.25) is 11.8 Å². The van der Waals surface area contributed by atoms with Crippen molar-refractivity contribution in [3.8, 4) is 0 Å². The number of carbonyl (C=O) groups is 2. The first-order chi connectivity index (χ1) is 10.1. The molecule has 3 rings (SSSR count). The quantitative estimate of drug-likeness (QED) is 0.883. The molecule has 1 fully saturated rings. The number of aromatic nitrogens is 1. The Balaban J connectivity index is 1.72. The van der Waals surface area contributed by atoms with E-state index in [2.05, 4.69) is 10.3 Å². The number of nitrogens with one attached hydrogen (secondary N) is 1. The molecule has 0 saturated heterocycles. The van der Waals surface area contributed by atoms with Crippen LogP contribution < -0.4 is 11.1 Å². The molecular weight excluding hydrogens is 286 g/mol. The molecule has 1 heterocycles. The summed E-state index contributed by atoms with van der Waals surface area (Å²) in [5.41, 5.74) is 6.34. The van der Waals surface area contributed by atoms with Crippen molar-refractivity contribution in [3.63, 3.8) is 0 Å². The Morgan fingerprint density at radius 2 is 2.00 bits per heavy atom. The van der Waals surface area contributed by atoms with Gasteiger partial charge in [0.15, 0.2) is 5.13 Å². The third-order valence-corrected chi connectivity index (χ3v) is 4.45. The Labute approximate surface area is 126 Å². The van der Waals surface area contributed by atoms with Gasteiger partial charge in [0, 0.05) is 5.38 Å². The van der Waals surface area contributed by atoms with Crippen LogP contribution in [0.2, 0.25) is 0 Å². The molecule has 1 aliphatic rings. The molecule has 0 atom stereocenters. The molecule has 2 aromatic rings. The fourth-order valence-corrected chi connectivity index (χ4v) is 3.08. The Hall–Kier alpha value is -2.21. The highest BCUT2D eigenvalue weighted by Crippen LogP contribution is 2.48. The summed E-state index contributed by atoms with van der Waals surface area (Å²) in [5.74, 6) is -0.463. The van der Waals surface area contributed by atoms with Crippen LogP contribution >= 0.6 is 11.3 Å².